The number of fused-ring (bicyclic) bond motifs is 1. The van der Waals surface area contributed by atoms with Gasteiger partial charge in [0.15, 0.2) is 5.76 Å². The summed E-state index contributed by atoms with van der Waals surface area (Å²) in [6, 6.07) is 8.23. The van der Waals surface area contributed by atoms with Crippen molar-refractivity contribution >= 4 is 32.9 Å². The van der Waals surface area contributed by atoms with Crippen molar-refractivity contribution in [1.29, 1.82) is 0 Å². The average molecular weight is 488 g/mol. The first-order valence-corrected chi connectivity index (χ1v) is 12.6. The van der Waals surface area contributed by atoms with Crippen molar-refractivity contribution in [2.45, 2.75) is 36.6 Å². The van der Waals surface area contributed by atoms with Crippen LogP contribution in [0.25, 0.3) is 11.0 Å². The number of nitrogens with zero attached hydrogens (tertiary/aromatic N) is 4. The number of hydrogen-bond acceptors (Lipinski definition) is 6. The van der Waals surface area contributed by atoms with E-state index in [0.717, 1.165) is 5.52 Å². The third-order valence-electron chi connectivity index (χ3n) is 6.18. The molecule has 3 aromatic rings. The second-order valence-corrected chi connectivity index (χ2v) is 10.8. The van der Waals surface area contributed by atoms with Crippen LogP contribution in [-0.4, -0.2) is 72.2 Å². The predicted molar refractivity (Wildman–Crippen MR) is 126 cm³/mol. The Morgan fingerprint density at radius 3 is 2.59 bits per heavy atom. The van der Waals surface area contributed by atoms with E-state index in [-0.39, 0.29) is 29.2 Å². The maximum absolute atomic E-state index is 12.5. The van der Waals surface area contributed by atoms with Crippen molar-refractivity contribution < 1.29 is 22.4 Å². The Labute approximate surface area is 198 Å². The zero-order valence-electron chi connectivity index (χ0n) is 19.5. The molecule has 1 fully saturated rings. The Hall–Kier alpha value is -3.18. The van der Waals surface area contributed by atoms with Crippen molar-refractivity contribution in [2.75, 3.05) is 27.2 Å². The summed E-state index contributed by atoms with van der Waals surface area (Å²) in [6.45, 7) is 1.13. The fourth-order valence-electron chi connectivity index (χ4n) is 4.13. The van der Waals surface area contributed by atoms with Crippen molar-refractivity contribution in [3.63, 3.8) is 0 Å². The lowest BCUT2D eigenvalue weighted by Crippen LogP contribution is -2.46. The number of piperidine rings is 1. The zero-order valence-corrected chi connectivity index (χ0v) is 20.3. The zero-order chi connectivity index (χ0) is 24.5. The fraction of sp³-hybridized carbons (Fsp3) is 0.435. The van der Waals surface area contributed by atoms with Gasteiger partial charge in [-0.15, -0.1) is 0 Å². The first kappa shape index (κ1) is 24.0. The lowest BCUT2D eigenvalue weighted by Gasteiger charge is -2.31. The molecule has 1 N–H and O–H groups in total. The van der Waals surface area contributed by atoms with E-state index in [1.807, 2.05) is 11.6 Å². The number of sulfonamides is 1. The van der Waals surface area contributed by atoms with Crippen LogP contribution in [0, 0.1) is 0 Å². The largest absolute Gasteiger partial charge is 0.459 e. The summed E-state index contributed by atoms with van der Waals surface area (Å²) in [5.41, 5.74) is 1.39. The number of carbonyl (C=O) groups excluding carboxylic acids is 2. The van der Waals surface area contributed by atoms with Crippen LogP contribution in [0.3, 0.4) is 0 Å². The molecule has 1 aliphatic rings. The van der Waals surface area contributed by atoms with E-state index in [9.17, 15) is 18.0 Å². The lowest BCUT2D eigenvalue weighted by atomic mass is 10.0. The standard InChI is InChI=1S/C23H29N5O5S/c1-26(2)34(31,32)17-6-7-19-18(15-17)25-21(27(19)3)8-9-22(29)24-16-10-12-28(13-11-16)23(30)20-5-4-14-33-20/h4-7,14-16H,8-13H2,1-3H3,(H,24,29). The van der Waals surface area contributed by atoms with Gasteiger partial charge in [-0.1, -0.05) is 0 Å². The molecule has 3 heterocycles. The van der Waals surface area contributed by atoms with Gasteiger partial charge in [-0.05, 0) is 43.2 Å². The molecule has 4 rings (SSSR count). The minimum Gasteiger partial charge on any atom is -0.459 e. The number of aromatic nitrogens is 2. The molecule has 0 saturated carbocycles. The molecule has 0 atom stereocenters. The molecular formula is C23H29N5O5S. The van der Waals surface area contributed by atoms with Crippen LogP contribution in [-0.2, 0) is 28.3 Å². The molecule has 11 heteroatoms. The Morgan fingerprint density at radius 1 is 1.21 bits per heavy atom. The molecule has 0 spiro atoms. The molecule has 0 unspecified atom stereocenters. The van der Waals surface area contributed by atoms with E-state index in [1.54, 1.807) is 35.2 Å². The van der Waals surface area contributed by atoms with Crippen molar-refractivity contribution in [3.8, 4) is 0 Å². The number of imidazole rings is 1. The van der Waals surface area contributed by atoms with E-state index in [0.29, 0.717) is 49.5 Å². The van der Waals surface area contributed by atoms with Crippen LogP contribution in [0.2, 0.25) is 0 Å². The number of hydrogen-bond donors (Lipinski definition) is 1. The smallest absolute Gasteiger partial charge is 0.289 e. The molecule has 10 nitrogen and oxygen atoms in total. The molecule has 2 amide bonds. The summed E-state index contributed by atoms with van der Waals surface area (Å²) < 4.78 is 33.0. The summed E-state index contributed by atoms with van der Waals surface area (Å²) in [5.74, 6) is 0.844. The molecule has 1 aliphatic heterocycles. The summed E-state index contributed by atoms with van der Waals surface area (Å²) in [6.07, 6.45) is 3.56. The summed E-state index contributed by atoms with van der Waals surface area (Å²) in [7, 11) is 1.29. The highest BCUT2D eigenvalue weighted by Gasteiger charge is 2.26. The Bertz CT molecular complexity index is 1290. The SMILES string of the molecule is CN(C)S(=O)(=O)c1ccc2c(c1)nc(CCC(=O)NC1CCN(C(=O)c3ccco3)CC1)n2C. The topological polar surface area (TPSA) is 118 Å². The van der Waals surface area contributed by atoms with Gasteiger partial charge in [0.25, 0.3) is 5.91 Å². The van der Waals surface area contributed by atoms with Gasteiger partial charge in [0.2, 0.25) is 15.9 Å². The molecule has 0 radical (unpaired) electrons. The van der Waals surface area contributed by atoms with Gasteiger partial charge in [-0.3, -0.25) is 9.59 Å². The minimum atomic E-state index is -3.55. The maximum atomic E-state index is 12.5. The lowest BCUT2D eigenvalue weighted by molar-refractivity contribution is -0.122. The van der Waals surface area contributed by atoms with Gasteiger partial charge in [0.05, 0.1) is 22.2 Å². The van der Waals surface area contributed by atoms with Crippen LogP contribution in [0.1, 0.15) is 35.6 Å². The van der Waals surface area contributed by atoms with Gasteiger partial charge >= 0.3 is 0 Å². The Kier molecular flexibility index (Phi) is 6.76. The number of amides is 2. The highest BCUT2D eigenvalue weighted by atomic mass is 32.2. The molecule has 1 saturated heterocycles. The Morgan fingerprint density at radius 2 is 1.94 bits per heavy atom. The number of rotatable bonds is 7. The molecule has 0 aliphatic carbocycles. The third-order valence-corrected chi connectivity index (χ3v) is 7.99. The summed E-state index contributed by atoms with van der Waals surface area (Å²) in [4.78, 5) is 31.4. The van der Waals surface area contributed by atoms with E-state index in [2.05, 4.69) is 10.3 Å². The van der Waals surface area contributed by atoms with E-state index < -0.39 is 10.0 Å². The second-order valence-electron chi connectivity index (χ2n) is 8.64. The van der Waals surface area contributed by atoms with Crippen molar-refractivity contribution in [1.82, 2.24) is 24.1 Å². The highest BCUT2D eigenvalue weighted by Crippen LogP contribution is 2.22. The quantitative estimate of drug-likeness (QED) is 0.543. The van der Waals surface area contributed by atoms with E-state index in [1.165, 1.54) is 24.7 Å². The number of likely N-dealkylation sites (tertiary alicyclic amines) is 1. The molecule has 0 bridgehead atoms. The van der Waals surface area contributed by atoms with Crippen LogP contribution in [0.5, 0.6) is 0 Å². The summed E-state index contributed by atoms with van der Waals surface area (Å²) >= 11 is 0. The van der Waals surface area contributed by atoms with Gasteiger partial charge < -0.3 is 19.2 Å². The van der Waals surface area contributed by atoms with E-state index >= 15 is 0 Å². The highest BCUT2D eigenvalue weighted by molar-refractivity contribution is 7.89. The Balaban J connectivity index is 1.32. The van der Waals surface area contributed by atoms with E-state index in [4.69, 9.17) is 4.42 Å². The fourth-order valence-corrected chi connectivity index (χ4v) is 5.05. The second kappa shape index (κ2) is 9.59. The van der Waals surface area contributed by atoms with Crippen LogP contribution in [0.4, 0.5) is 0 Å². The molecule has 34 heavy (non-hydrogen) atoms. The molecule has 2 aromatic heterocycles. The average Bonchev–Trinajstić information content (AvgIpc) is 3.46. The normalized spacial score (nSPS) is 15.2. The van der Waals surface area contributed by atoms with Crippen LogP contribution in [0.15, 0.2) is 45.9 Å². The van der Waals surface area contributed by atoms with Crippen molar-refractivity contribution in [3.05, 3.63) is 48.2 Å². The first-order chi connectivity index (χ1) is 16.2. The maximum Gasteiger partial charge on any atom is 0.289 e. The third kappa shape index (κ3) is 4.85. The van der Waals surface area contributed by atoms with Gasteiger partial charge in [0.1, 0.15) is 5.82 Å². The number of aryl methyl sites for hydroxylation is 2. The van der Waals surface area contributed by atoms with Crippen LogP contribution >= 0.6 is 0 Å². The number of furan rings is 1. The van der Waals surface area contributed by atoms with Crippen LogP contribution < -0.4 is 5.32 Å². The molecule has 182 valence electrons. The summed E-state index contributed by atoms with van der Waals surface area (Å²) in [5, 5.41) is 3.06. The van der Waals surface area contributed by atoms with Gasteiger partial charge in [-0.25, -0.2) is 17.7 Å². The number of carbonyl (C=O) groups is 2. The van der Waals surface area contributed by atoms with Crippen molar-refractivity contribution in [2.24, 2.45) is 7.05 Å². The van der Waals surface area contributed by atoms with Gasteiger partial charge in [0, 0.05) is 53.1 Å². The monoisotopic (exact) mass is 487 g/mol. The predicted octanol–water partition coefficient (Wildman–Crippen LogP) is 1.77. The number of benzene rings is 1. The number of nitrogens with one attached hydrogen (secondary N) is 1. The molecule has 1 aromatic carbocycles. The molecular weight excluding hydrogens is 458 g/mol. The minimum absolute atomic E-state index is 0.0207. The van der Waals surface area contributed by atoms with Gasteiger partial charge in [-0.2, -0.15) is 0 Å². The first-order valence-electron chi connectivity index (χ1n) is 11.2.